The van der Waals surface area contributed by atoms with Gasteiger partial charge in [0.2, 0.25) is 0 Å². The number of carbonyl (C=O) groups is 1. The molecule has 0 aliphatic heterocycles. The molecule has 0 saturated carbocycles. The zero-order valence-electron chi connectivity index (χ0n) is 17.5. The van der Waals surface area contributed by atoms with Gasteiger partial charge in [-0.3, -0.25) is 4.79 Å². The number of benzene rings is 3. The van der Waals surface area contributed by atoms with Crippen LogP contribution >= 0.6 is 11.6 Å². The number of rotatable bonds is 7. The maximum absolute atomic E-state index is 12.8. The van der Waals surface area contributed by atoms with Gasteiger partial charge in [-0.2, -0.15) is 5.26 Å². The molecule has 0 aliphatic rings. The van der Waals surface area contributed by atoms with E-state index in [0.717, 1.165) is 23.1 Å². The van der Waals surface area contributed by atoms with Crippen LogP contribution in [0.3, 0.4) is 0 Å². The molecule has 0 heterocycles. The van der Waals surface area contributed by atoms with Gasteiger partial charge in [0.1, 0.15) is 24.0 Å². The third kappa shape index (κ3) is 5.97. The number of carbonyl (C=O) groups excluding carboxylic acids is 1. The molecule has 156 valence electrons. The molecule has 4 nitrogen and oxygen atoms in total. The van der Waals surface area contributed by atoms with E-state index in [1.54, 1.807) is 18.2 Å². The van der Waals surface area contributed by atoms with Crippen molar-refractivity contribution >= 4 is 29.3 Å². The molecule has 31 heavy (non-hydrogen) atoms. The summed E-state index contributed by atoms with van der Waals surface area (Å²) in [6.45, 7) is 4.40. The average molecular weight is 431 g/mol. The molecule has 3 aromatic rings. The van der Waals surface area contributed by atoms with Gasteiger partial charge in [-0.05, 0) is 54.8 Å². The SMILES string of the molecule is CCc1ccccc1NC(=O)/C(C#N)=C/c1cc(Cl)ccc1OCc1cccc(C)c1. The predicted molar refractivity (Wildman–Crippen MR) is 125 cm³/mol. The molecule has 1 amide bonds. The van der Waals surface area contributed by atoms with Crippen LogP contribution in [0.5, 0.6) is 5.75 Å². The highest BCUT2D eigenvalue weighted by Crippen LogP contribution is 2.27. The summed E-state index contributed by atoms with van der Waals surface area (Å²) in [4.78, 5) is 12.8. The van der Waals surface area contributed by atoms with Crippen molar-refractivity contribution in [3.8, 4) is 11.8 Å². The number of para-hydroxylation sites is 1. The number of ether oxygens (including phenoxy) is 1. The summed E-state index contributed by atoms with van der Waals surface area (Å²) in [5.41, 5.74) is 4.40. The first kappa shape index (κ1) is 22.1. The normalized spacial score (nSPS) is 11.0. The van der Waals surface area contributed by atoms with Crippen molar-refractivity contribution in [2.45, 2.75) is 26.9 Å². The molecule has 0 spiro atoms. The smallest absolute Gasteiger partial charge is 0.266 e. The zero-order chi connectivity index (χ0) is 22.2. The Labute approximate surface area is 187 Å². The van der Waals surface area contributed by atoms with Gasteiger partial charge in [0.25, 0.3) is 5.91 Å². The monoisotopic (exact) mass is 430 g/mol. The highest BCUT2D eigenvalue weighted by molar-refractivity contribution is 6.30. The van der Waals surface area contributed by atoms with Gasteiger partial charge >= 0.3 is 0 Å². The zero-order valence-corrected chi connectivity index (χ0v) is 18.2. The minimum absolute atomic E-state index is 0.0337. The van der Waals surface area contributed by atoms with Crippen molar-refractivity contribution in [2.75, 3.05) is 5.32 Å². The summed E-state index contributed by atoms with van der Waals surface area (Å²) in [6.07, 6.45) is 2.27. The first-order valence-electron chi connectivity index (χ1n) is 9.99. The van der Waals surface area contributed by atoms with Crippen molar-refractivity contribution in [3.05, 3.63) is 99.6 Å². The van der Waals surface area contributed by atoms with E-state index in [4.69, 9.17) is 16.3 Å². The third-order valence-corrected chi connectivity index (χ3v) is 5.00. The van der Waals surface area contributed by atoms with Crippen molar-refractivity contribution in [1.82, 2.24) is 0 Å². The first-order chi connectivity index (χ1) is 15.0. The van der Waals surface area contributed by atoms with E-state index < -0.39 is 5.91 Å². The number of nitrogens with zero attached hydrogens (tertiary/aromatic N) is 1. The molecular formula is C26H23ClN2O2. The molecule has 3 rings (SSSR count). The highest BCUT2D eigenvalue weighted by atomic mass is 35.5. The van der Waals surface area contributed by atoms with Crippen LogP contribution in [0.4, 0.5) is 5.69 Å². The van der Waals surface area contributed by atoms with Crippen LogP contribution in [-0.2, 0) is 17.8 Å². The van der Waals surface area contributed by atoms with E-state index in [1.165, 1.54) is 6.08 Å². The van der Waals surface area contributed by atoms with Crippen molar-refractivity contribution in [1.29, 1.82) is 5.26 Å². The van der Waals surface area contributed by atoms with Crippen LogP contribution in [0, 0.1) is 18.3 Å². The van der Waals surface area contributed by atoms with Crippen LogP contribution in [-0.4, -0.2) is 5.91 Å². The Morgan fingerprint density at radius 3 is 2.68 bits per heavy atom. The number of anilines is 1. The second-order valence-electron chi connectivity index (χ2n) is 7.09. The predicted octanol–water partition coefficient (Wildman–Crippen LogP) is 6.34. The van der Waals surface area contributed by atoms with Gasteiger partial charge in [0.15, 0.2) is 0 Å². The molecule has 3 aromatic carbocycles. The Morgan fingerprint density at radius 2 is 1.94 bits per heavy atom. The lowest BCUT2D eigenvalue weighted by atomic mass is 10.1. The van der Waals surface area contributed by atoms with E-state index in [9.17, 15) is 10.1 Å². The number of halogens is 1. The largest absolute Gasteiger partial charge is 0.488 e. The van der Waals surface area contributed by atoms with Gasteiger partial charge < -0.3 is 10.1 Å². The van der Waals surface area contributed by atoms with E-state index in [2.05, 4.69) is 5.32 Å². The lowest BCUT2D eigenvalue weighted by Crippen LogP contribution is -2.14. The number of amides is 1. The molecular weight excluding hydrogens is 408 g/mol. The molecule has 0 bridgehead atoms. The van der Waals surface area contributed by atoms with Crippen molar-refractivity contribution < 1.29 is 9.53 Å². The summed E-state index contributed by atoms with van der Waals surface area (Å²) < 4.78 is 5.97. The van der Waals surface area contributed by atoms with E-state index >= 15 is 0 Å². The Bertz CT molecular complexity index is 1160. The minimum Gasteiger partial charge on any atom is -0.488 e. The Morgan fingerprint density at radius 1 is 1.13 bits per heavy atom. The van der Waals surface area contributed by atoms with E-state index in [-0.39, 0.29) is 5.57 Å². The molecule has 0 aliphatic carbocycles. The lowest BCUT2D eigenvalue weighted by Gasteiger charge is -2.12. The second kappa shape index (κ2) is 10.5. The summed E-state index contributed by atoms with van der Waals surface area (Å²) in [6, 6.07) is 22.7. The number of hydrogen-bond acceptors (Lipinski definition) is 3. The standard InChI is InChI=1S/C26H23ClN2O2/c1-3-20-9-4-5-10-24(20)29-26(30)22(16-28)14-21-15-23(27)11-12-25(21)31-17-19-8-6-7-18(2)13-19/h4-15H,3,17H2,1-2H3,(H,29,30)/b22-14+. The summed E-state index contributed by atoms with van der Waals surface area (Å²) >= 11 is 6.16. The molecule has 0 unspecified atom stereocenters. The first-order valence-corrected chi connectivity index (χ1v) is 10.4. The van der Waals surface area contributed by atoms with Gasteiger partial charge in [-0.1, -0.05) is 66.6 Å². The Hall–Kier alpha value is -3.55. The average Bonchev–Trinajstić information content (AvgIpc) is 2.77. The molecule has 0 fully saturated rings. The topological polar surface area (TPSA) is 62.1 Å². The number of nitriles is 1. The highest BCUT2D eigenvalue weighted by Gasteiger charge is 2.13. The van der Waals surface area contributed by atoms with Crippen LogP contribution in [0.2, 0.25) is 5.02 Å². The molecule has 1 N–H and O–H groups in total. The van der Waals surface area contributed by atoms with Gasteiger partial charge in [-0.25, -0.2) is 0 Å². The number of nitrogens with one attached hydrogen (secondary N) is 1. The summed E-state index contributed by atoms with van der Waals surface area (Å²) in [7, 11) is 0. The van der Waals surface area contributed by atoms with Crippen LogP contribution in [0.25, 0.3) is 6.08 Å². The molecule has 0 aromatic heterocycles. The van der Waals surface area contributed by atoms with Crippen LogP contribution in [0.1, 0.15) is 29.2 Å². The quantitative estimate of drug-likeness (QED) is 0.351. The van der Waals surface area contributed by atoms with Gasteiger partial charge in [0, 0.05) is 16.3 Å². The van der Waals surface area contributed by atoms with Crippen LogP contribution in [0.15, 0.2) is 72.3 Å². The number of hydrogen-bond donors (Lipinski definition) is 1. The maximum Gasteiger partial charge on any atom is 0.266 e. The lowest BCUT2D eigenvalue weighted by molar-refractivity contribution is -0.112. The summed E-state index contributed by atoms with van der Waals surface area (Å²) in [5, 5.41) is 12.9. The fraction of sp³-hybridized carbons (Fsp3) is 0.154. The molecule has 5 heteroatoms. The van der Waals surface area contributed by atoms with Gasteiger partial charge in [-0.15, -0.1) is 0 Å². The van der Waals surface area contributed by atoms with E-state index in [1.807, 2.05) is 68.4 Å². The maximum atomic E-state index is 12.8. The fourth-order valence-electron chi connectivity index (χ4n) is 3.17. The second-order valence-corrected chi connectivity index (χ2v) is 7.53. The van der Waals surface area contributed by atoms with Crippen LogP contribution < -0.4 is 10.1 Å². The molecule has 0 saturated heterocycles. The van der Waals surface area contributed by atoms with E-state index in [0.29, 0.717) is 28.6 Å². The summed E-state index contributed by atoms with van der Waals surface area (Å²) in [5.74, 6) is 0.0634. The minimum atomic E-state index is -0.479. The van der Waals surface area contributed by atoms with Crippen molar-refractivity contribution in [2.24, 2.45) is 0 Å². The molecule has 0 radical (unpaired) electrons. The fourth-order valence-corrected chi connectivity index (χ4v) is 3.35. The Balaban J connectivity index is 1.85. The molecule has 0 atom stereocenters. The number of aryl methyl sites for hydroxylation is 2. The van der Waals surface area contributed by atoms with Gasteiger partial charge in [0.05, 0.1) is 0 Å². The Kier molecular flexibility index (Phi) is 7.48. The van der Waals surface area contributed by atoms with Crippen molar-refractivity contribution in [3.63, 3.8) is 0 Å². The third-order valence-electron chi connectivity index (χ3n) is 4.76.